The molecule has 4 nitrogen and oxygen atoms in total. The minimum atomic E-state index is -1.54. The lowest BCUT2D eigenvalue weighted by Crippen LogP contribution is -2.33. The second-order valence-electron chi connectivity index (χ2n) is 3.76. The molecule has 0 fully saturated rings. The smallest absolute Gasteiger partial charge is 0.435 e. The van der Waals surface area contributed by atoms with Gasteiger partial charge >= 0.3 is 13.9 Å². The Balaban J connectivity index is 4.01. The van der Waals surface area contributed by atoms with Crippen LogP contribution in [0.15, 0.2) is 0 Å². The summed E-state index contributed by atoms with van der Waals surface area (Å²) in [5, 5.41) is 2.72. The van der Waals surface area contributed by atoms with Gasteiger partial charge in [0.05, 0.1) is 6.10 Å². The first-order chi connectivity index (χ1) is 6.34. The molecule has 2 atom stereocenters. The van der Waals surface area contributed by atoms with E-state index in [1.807, 2.05) is 13.8 Å². The van der Waals surface area contributed by atoms with E-state index in [1.54, 1.807) is 20.8 Å². The fraction of sp³-hybridized carbons (Fsp3) is 0.889. The first kappa shape index (κ1) is 13.5. The third kappa shape index (κ3) is 5.30. The second-order valence-corrected chi connectivity index (χ2v) is 5.70. The third-order valence-electron chi connectivity index (χ3n) is 1.50. The lowest BCUT2D eigenvalue weighted by molar-refractivity contribution is -0.148. The van der Waals surface area contributed by atoms with E-state index in [0.29, 0.717) is 0 Å². The number of ether oxygens (including phenoxy) is 1. The monoisotopic (exact) mass is 220 g/mol. The van der Waals surface area contributed by atoms with E-state index in [-0.39, 0.29) is 17.7 Å². The molecule has 0 spiro atoms. The van der Waals surface area contributed by atoms with Gasteiger partial charge in [-0.2, -0.15) is 0 Å². The maximum absolute atomic E-state index is 11.4. The molecule has 0 saturated carbocycles. The van der Waals surface area contributed by atoms with Crippen molar-refractivity contribution in [3.8, 4) is 0 Å². The molecule has 0 saturated heterocycles. The zero-order valence-electron chi connectivity index (χ0n) is 9.40. The van der Waals surface area contributed by atoms with E-state index in [0.717, 1.165) is 0 Å². The zero-order chi connectivity index (χ0) is 11.3. The molecule has 0 aromatic heterocycles. The van der Waals surface area contributed by atoms with Crippen molar-refractivity contribution < 1.29 is 14.1 Å². The van der Waals surface area contributed by atoms with Crippen LogP contribution in [0.4, 0.5) is 0 Å². The van der Waals surface area contributed by atoms with E-state index in [9.17, 15) is 9.36 Å². The highest BCUT2D eigenvalue weighted by Gasteiger charge is 2.28. The number of carbonyl (C=O) groups excluding carboxylic acids is 1. The van der Waals surface area contributed by atoms with Crippen molar-refractivity contribution in [1.29, 1.82) is 0 Å². The number of carbonyl (C=O) groups is 1. The van der Waals surface area contributed by atoms with Gasteiger partial charge in [0, 0.05) is 0 Å². The Kier molecular flexibility index (Phi) is 5.89. The molecule has 0 rings (SSSR count). The van der Waals surface area contributed by atoms with Crippen LogP contribution in [0.5, 0.6) is 0 Å². The average Bonchev–Trinajstić information content (AvgIpc) is 2.02. The number of hydrogen-bond acceptors (Lipinski definition) is 3. The van der Waals surface area contributed by atoms with E-state index in [4.69, 9.17) is 4.74 Å². The van der Waals surface area contributed by atoms with Crippen LogP contribution in [0.2, 0.25) is 0 Å². The SMILES string of the molecule is CC(C)OC(=O)[C@H](C)N[P+](=O)C(C)C. The minimum absolute atomic E-state index is 0.0271. The van der Waals surface area contributed by atoms with Crippen molar-refractivity contribution in [2.24, 2.45) is 0 Å². The number of nitrogens with one attached hydrogen (secondary N) is 1. The molecule has 14 heavy (non-hydrogen) atoms. The number of esters is 1. The highest BCUT2D eigenvalue weighted by molar-refractivity contribution is 7.43. The Morgan fingerprint density at radius 3 is 2.07 bits per heavy atom. The normalized spacial score (nSPS) is 14.4. The summed E-state index contributed by atoms with van der Waals surface area (Å²) < 4.78 is 16.3. The van der Waals surface area contributed by atoms with E-state index in [1.165, 1.54) is 0 Å². The van der Waals surface area contributed by atoms with Gasteiger partial charge in [0.25, 0.3) is 0 Å². The van der Waals surface area contributed by atoms with Gasteiger partial charge in [-0.25, -0.2) is 0 Å². The lowest BCUT2D eigenvalue weighted by Gasteiger charge is -2.10. The molecule has 82 valence electrons. The molecular weight excluding hydrogens is 201 g/mol. The van der Waals surface area contributed by atoms with Crippen molar-refractivity contribution >= 4 is 13.9 Å². The van der Waals surface area contributed by atoms with Crippen LogP contribution in [-0.4, -0.2) is 23.8 Å². The van der Waals surface area contributed by atoms with Gasteiger partial charge in [0.1, 0.15) is 6.04 Å². The highest BCUT2D eigenvalue weighted by Crippen LogP contribution is 2.22. The number of hydrogen-bond donors (Lipinski definition) is 1. The van der Waals surface area contributed by atoms with Gasteiger partial charge < -0.3 is 4.74 Å². The molecule has 0 amide bonds. The van der Waals surface area contributed by atoms with E-state index in [2.05, 4.69) is 5.09 Å². The molecule has 0 radical (unpaired) electrons. The summed E-state index contributed by atoms with van der Waals surface area (Å²) in [5.74, 6) is -0.357. The van der Waals surface area contributed by atoms with Crippen LogP contribution in [-0.2, 0) is 14.1 Å². The molecular formula is C9H19NO3P+. The van der Waals surface area contributed by atoms with Crippen molar-refractivity contribution in [3.63, 3.8) is 0 Å². The largest absolute Gasteiger partial charge is 0.462 e. The highest BCUT2D eigenvalue weighted by atomic mass is 31.1. The summed E-state index contributed by atoms with van der Waals surface area (Å²) >= 11 is 0. The molecule has 0 heterocycles. The summed E-state index contributed by atoms with van der Waals surface area (Å²) in [6.45, 7) is 8.90. The standard InChI is InChI=1S/C9H19NO3P/c1-6(2)13-9(11)8(5)10-14(12)7(3)4/h6-8H,1-5H3,(H,10,12)/q+1/t8-/m0/s1. The molecule has 0 aromatic carbocycles. The molecule has 1 N–H and O–H groups in total. The van der Waals surface area contributed by atoms with Gasteiger partial charge in [-0.05, 0) is 34.6 Å². The van der Waals surface area contributed by atoms with Crippen molar-refractivity contribution in [2.45, 2.75) is 52.4 Å². The molecule has 0 aliphatic heterocycles. The fourth-order valence-electron chi connectivity index (χ4n) is 0.727. The van der Waals surface area contributed by atoms with Crippen LogP contribution in [0.25, 0.3) is 0 Å². The van der Waals surface area contributed by atoms with Crippen molar-refractivity contribution in [2.75, 3.05) is 0 Å². The maximum atomic E-state index is 11.4. The number of rotatable bonds is 5. The van der Waals surface area contributed by atoms with Crippen molar-refractivity contribution in [3.05, 3.63) is 0 Å². The molecule has 0 aliphatic carbocycles. The van der Waals surface area contributed by atoms with E-state index < -0.39 is 14.0 Å². The van der Waals surface area contributed by atoms with Gasteiger partial charge in [0.15, 0.2) is 5.66 Å². The summed E-state index contributed by atoms with van der Waals surface area (Å²) in [7, 11) is -1.54. The van der Waals surface area contributed by atoms with Crippen LogP contribution >= 0.6 is 7.95 Å². The minimum Gasteiger partial charge on any atom is -0.462 e. The molecule has 1 unspecified atom stereocenters. The second kappa shape index (κ2) is 6.10. The topological polar surface area (TPSA) is 55.4 Å². The quantitative estimate of drug-likeness (QED) is 0.569. The van der Waals surface area contributed by atoms with Gasteiger partial charge in [-0.3, -0.25) is 4.79 Å². The Labute approximate surface area is 86.2 Å². The molecule has 5 heteroatoms. The van der Waals surface area contributed by atoms with Gasteiger partial charge in [-0.15, -0.1) is 0 Å². The summed E-state index contributed by atoms with van der Waals surface area (Å²) in [6.07, 6.45) is -0.135. The van der Waals surface area contributed by atoms with Crippen LogP contribution in [0.1, 0.15) is 34.6 Å². The third-order valence-corrected chi connectivity index (χ3v) is 3.08. The van der Waals surface area contributed by atoms with Gasteiger partial charge in [0.2, 0.25) is 0 Å². The van der Waals surface area contributed by atoms with Crippen LogP contribution in [0.3, 0.4) is 0 Å². The van der Waals surface area contributed by atoms with Crippen LogP contribution < -0.4 is 5.09 Å². The van der Waals surface area contributed by atoms with Crippen LogP contribution in [0, 0.1) is 0 Å². The summed E-state index contributed by atoms with van der Waals surface area (Å²) in [4.78, 5) is 11.3. The Morgan fingerprint density at radius 2 is 1.71 bits per heavy atom. The fourth-order valence-corrected chi connectivity index (χ4v) is 1.51. The molecule has 0 aliphatic rings. The summed E-state index contributed by atoms with van der Waals surface area (Å²) in [5.41, 5.74) is 0.0271. The maximum Gasteiger partial charge on any atom is 0.435 e. The average molecular weight is 220 g/mol. The predicted molar refractivity (Wildman–Crippen MR) is 56.6 cm³/mol. The molecule has 0 aromatic rings. The Morgan fingerprint density at radius 1 is 1.21 bits per heavy atom. The predicted octanol–water partition coefficient (Wildman–Crippen LogP) is 2.07. The van der Waals surface area contributed by atoms with Gasteiger partial charge in [-0.1, -0.05) is 9.65 Å². The Hall–Kier alpha value is -0.470. The van der Waals surface area contributed by atoms with E-state index >= 15 is 0 Å². The summed E-state index contributed by atoms with van der Waals surface area (Å²) in [6, 6.07) is -0.511. The van der Waals surface area contributed by atoms with Crippen molar-refractivity contribution in [1.82, 2.24) is 5.09 Å². The molecule has 0 bridgehead atoms. The first-order valence-corrected chi connectivity index (χ1v) is 6.10. The zero-order valence-corrected chi connectivity index (χ0v) is 10.3. The first-order valence-electron chi connectivity index (χ1n) is 4.77. The Bertz CT molecular complexity index is 216. The lowest BCUT2D eigenvalue weighted by atomic mass is 10.4.